The smallest absolute Gasteiger partial charge is 0.343 e. The highest BCUT2D eigenvalue weighted by molar-refractivity contribution is 6.54. The van der Waals surface area contributed by atoms with Gasteiger partial charge in [0.2, 0.25) is 5.89 Å². The van der Waals surface area contributed by atoms with Crippen LogP contribution in [-0.2, 0) is 4.79 Å². The van der Waals surface area contributed by atoms with Crippen molar-refractivity contribution in [1.82, 2.24) is 10.2 Å². The molecule has 0 fully saturated rings. The van der Waals surface area contributed by atoms with Gasteiger partial charge in [0, 0.05) is 11.1 Å². The Morgan fingerprint density at radius 2 is 1.73 bits per heavy atom. The van der Waals surface area contributed by atoms with E-state index in [0.717, 1.165) is 16.8 Å². The molecule has 1 aliphatic rings. The highest BCUT2D eigenvalue weighted by Gasteiger charge is 2.26. The van der Waals surface area contributed by atoms with Crippen molar-refractivity contribution in [2.24, 2.45) is 4.99 Å². The van der Waals surface area contributed by atoms with Crippen molar-refractivity contribution in [2.75, 3.05) is 5.32 Å². The Morgan fingerprint density at radius 1 is 0.955 bits per heavy atom. The number of amides is 1. The zero-order valence-electron chi connectivity index (χ0n) is 11.4. The lowest BCUT2D eigenvalue weighted by Crippen LogP contribution is -2.13. The molecule has 0 saturated heterocycles. The van der Waals surface area contributed by atoms with Gasteiger partial charge in [-0.15, -0.1) is 5.10 Å². The number of rotatable bonds is 2. The maximum Gasteiger partial charge on any atom is 0.343 e. The number of aromatic nitrogens is 2. The minimum atomic E-state index is -0.277. The molecule has 3 aromatic rings. The number of hydrogen-bond acceptors (Lipinski definition) is 5. The highest BCUT2D eigenvalue weighted by atomic mass is 16.4. The van der Waals surface area contributed by atoms with Crippen LogP contribution < -0.4 is 5.32 Å². The summed E-state index contributed by atoms with van der Waals surface area (Å²) in [6.07, 6.45) is 0. The lowest BCUT2D eigenvalue weighted by Gasteiger charge is -1.94. The second-order valence-electron chi connectivity index (χ2n) is 4.72. The second kappa shape index (κ2) is 4.92. The Labute approximate surface area is 125 Å². The fourth-order valence-electron chi connectivity index (χ4n) is 2.27. The molecule has 0 atom stereocenters. The summed E-state index contributed by atoms with van der Waals surface area (Å²) in [5, 5.41) is 10.6. The van der Waals surface area contributed by atoms with E-state index in [1.165, 1.54) is 0 Å². The summed E-state index contributed by atoms with van der Waals surface area (Å²) in [5.41, 5.74) is 2.54. The lowest BCUT2D eigenvalue weighted by molar-refractivity contribution is -0.110. The maximum atomic E-state index is 12.0. The molecular weight excluding hydrogens is 280 g/mol. The summed E-state index contributed by atoms with van der Waals surface area (Å²) in [7, 11) is 0. The summed E-state index contributed by atoms with van der Waals surface area (Å²) in [6, 6.07) is 16.8. The summed E-state index contributed by atoms with van der Waals surface area (Å²) in [6.45, 7) is 0. The normalized spacial score (nSPS) is 14.9. The summed E-state index contributed by atoms with van der Waals surface area (Å²) >= 11 is 0. The number of carbonyl (C=O) groups excluding carboxylic acids is 1. The van der Waals surface area contributed by atoms with Gasteiger partial charge in [0.25, 0.3) is 5.91 Å². The van der Waals surface area contributed by atoms with Crippen molar-refractivity contribution in [3.8, 4) is 11.5 Å². The first-order valence-corrected chi connectivity index (χ1v) is 6.69. The number of carbonyl (C=O) groups is 1. The number of hydrogen-bond donors (Lipinski definition) is 1. The average molecular weight is 290 g/mol. The minimum Gasteiger partial charge on any atom is -0.402 e. The van der Waals surface area contributed by atoms with E-state index in [4.69, 9.17) is 4.42 Å². The van der Waals surface area contributed by atoms with E-state index in [9.17, 15) is 4.79 Å². The first kappa shape index (κ1) is 12.5. The second-order valence-corrected chi connectivity index (χ2v) is 4.72. The Kier molecular flexibility index (Phi) is 2.79. The summed E-state index contributed by atoms with van der Waals surface area (Å²) in [5.74, 6) is 0.0901. The van der Waals surface area contributed by atoms with Crippen molar-refractivity contribution >= 4 is 23.3 Å². The fraction of sp³-hybridized carbons (Fsp3) is 0. The molecule has 4 rings (SSSR count). The highest BCUT2D eigenvalue weighted by Crippen LogP contribution is 2.26. The molecule has 6 heteroatoms. The molecule has 0 unspecified atom stereocenters. The van der Waals surface area contributed by atoms with Gasteiger partial charge in [-0.05, 0) is 18.2 Å². The van der Waals surface area contributed by atoms with Crippen LogP contribution in [0.4, 0.5) is 11.7 Å². The molecule has 1 aliphatic heterocycles. The van der Waals surface area contributed by atoms with Crippen LogP contribution in [0.25, 0.3) is 11.5 Å². The topological polar surface area (TPSA) is 80.4 Å². The molecule has 1 amide bonds. The number of fused-ring (bicyclic) bond motifs is 1. The molecule has 0 spiro atoms. The number of nitrogens with zero attached hydrogens (tertiary/aromatic N) is 3. The van der Waals surface area contributed by atoms with Crippen LogP contribution in [0, 0.1) is 0 Å². The van der Waals surface area contributed by atoms with E-state index in [1.54, 1.807) is 0 Å². The molecule has 106 valence electrons. The average Bonchev–Trinajstić information content (AvgIpc) is 3.14. The van der Waals surface area contributed by atoms with Crippen LogP contribution >= 0.6 is 0 Å². The third kappa shape index (κ3) is 2.07. The zero-order valence-corrected chi connectivity index (χ0v) is 11.4. The number of para-hydroxylation sites is 1. The summed E-state index contributed by atoms with van der Waals surface area (Å²) < 4.78 is 5.51. The maximum absolute atomic E-state index is 12.0. The molecule has 0 aliphatic carbocycles. The van der Waals surface area contributed by atoms with Gasteiger partial charge in [0.15, 0.2) is 0 Å². The molecule has 0 radical (unpaired) electrons. The number of benzene rings is 2. The molecule has 6 nitrogen and oxygen atoms in total. The van der Waals surface area contributed by atoms with Gasteiger partial charge in [-0.1, -0.05) is 41.5 Å². The predicted octanol–water partition coefficient (Wildman–Crippen LogP) is 2.81. The molecule has 0 saturated carbocycles. The van der Waals surface area contributed by atoms with Crippen LogP contribution in [0.2, 0.25) is 0 Å². The van der Waals surface area contributed by atoms with Gasteiger partial charge in [0.05, 0.1) is 5.69 Å². The first-order chi connectivity index (χ1) is 10.8. The number of aliphatic imine (C=N–C) groups is 1. The largest absolute Gasteiger partial charge is 0.402 e. The van der Waals surface area contributed by atoms with E-state index < -0.39 is 0 Å². The van der Waals surface area contributed by atoms with Crippen LogP contribution in [0.1, 0.15) is 5.56 Å². The van der Waals surface area contributed by atoms with Gasteiger partial charge in [-0.25, -0.2) is 0 Å². The van der Waals surface area contributed by atoms with Gasteiger partial charge in [0.1, 0.15) is 5.71 Å². The zero-order chi connectivity index (χ0) is 14.9. The van der Waals surface area contributed by atoms with Crippen molar-refractivity contribution in [1.29, 1.82) is 0 Å². The SMILES string of the molecule is O=C1Nc2ccccc2/C1=N\c1nnc(-c2ccccc2)o1. The van der Waals surface area contributed by atoms with Crippen LogP contribution in [0.15, 0.2) is 64.0 Å². The molecule has 22 heavy (non-hydrogen) atoms. The van der Waals surface area contributed by atoms with Gasteiger partial charge in [-0.3, -0.25) is 4.79 Å². The third-order valence-electron chi connectivity index (χ3n) is 3.29. The van der Waals surface area contributed by atoms with Crippen molar-refractivity contribution < 1.29 is 9.21 Å². The van der Waals surface area contributed by atoms with E-state index in [-0.39, 0.29) is 17.6 Å². The Balaban J connectivity index is 1.72. The lowest BCUT2D eigenvalue weighted by atomic mass is 10.1. The van der Waals surface area contributed by atoms with Crippen LogP contribution in [0.5, 0.6) is 0 Å². The third-order valence-corrected chi connectivity index (χ3v) is 3.29. The monoisotopic (exact) mass is 290 g/mol. The summed E-state index contributed by atoms with van der Waals surface area (Å²) in [4.78, 5) is 16.2. The molecule has 1 N–H and O–H groups in total. The van der Waals surface area contributed by atoms with E-state index in [2.05, 4.69) is 20.5 Å². The number of nitrogens with one attached hydrogen (secondary N) is 1. The molecule has 2 heterocycles. The van der Waals surface area contributed by atoms with Crippen LogP contribution in [0.3, 0.4) is 0 Å². The quantitative estimate of drug-likeness (QED) is 0.787. The molecule has 1 aromatic heterocycles. The first-order valence-electron chi connectivity index (χ1n) is 6.69. The molecule has 2 aromatic carbocycles. The van der Waals surface area contributed by atoms with Crippen molar-refractivity contribution in [3.05, 3.63) is 60.2 Å². The van der Waals surface area contributed by atoms with E-state index in [0.29, 0.717) is 5.89 Å². The van der Waals surface area contributed by atoms with Crippen molar-refractivity contribution in [3.63, 3.8) is 0 Å². The van der Waals surface area contributed by atoms with Gasteiger partial charge in [-0.2, -0.15) is 4.99 Å². The Morgan fingerprint density at radius 3 is 2.59 bits per heavy atom. The minimum absolute atomic E-state index is 0.0562. The Bertz CT molecular complexity index is 884. The van der Waals surface area contributed by atoms with Gasteiger partial charge < -0.3 is 9.73 Å². The standard InChI is InChI=1S/C16H10N4O2/c21-14-13(11-8-4-5-9-12(11)17-14)18-16-20-19-15(22-16)10-6-2-1-3-7-10/h1-9H,(H,17,18,20,21). The van der Waals surface area contributed by atoms with E-state index >= 15 is 0 Å². The van der Waals surface area contributed by atoms with Gasteiger partial charge >= 0.3 is 6.01 Å². The van der Waals surface area contributed by atoms with Crippen molar-refractivity contribution in [2.45, 2.75) is 0 Å². The number of anilines is 1. The Hall–Kier alpha value is -3.28. The van der Waals surface area contributed by atoms with E-state index in [1.807, 2.05) is 54.6 Å². The molecule has 0 bridgehead atoms. The predicted molar refractivity (Wildman–Crippen MR) is 81.0 cm³/mol. The fourth-order valence-corrected chi connectivity index (χ4v) is 2.27. The molecular formula is C16H10N4O2. The van der Waals surface area contributed by atoms with Crippen LogP contribution in [-0.4, -0.2) is 21.8 Å².